The van der Waals surface area contributed by atoms with E-state index in [9.17, 15) is 0 Å². The number of aromatic nitrogens is 2. The minimum atomic E-state index is 0.244. The molecule has 4 N–H and O–H groups in total. The second kappa shape index (κ2) is 8.04. The Kier molecular flexibility index (Phi) is 6.70. The van der Waals surface area contributed by atoms with Gasteiger partial charge in [-0.2, -0.15) is 5.10 Å². The molecule has 1 heterocycles. The van der Waals surface area contributed by atoms with Crippen molar-refractivity contribution in [2.45, 2.75) is 46.0 Å². The molecule has 1 atom stereocenters. The van der Waals surface area contributed by atoms with E-state index in [-0.39, 0.29) is 6.61 Å². The first-order valence-corrected chi connectivity index (χ1v) is 7.30. The van der Waals surface area contributed by atoms with Crippen molar-refractivity contribution in [2.24, 2.45) is 13.0 Å². The van der Waals surface area contributed by atoms with Gasteiger partial charge in [-0.15, -0.1) is 0 Å². The number of aryl methyl sites for hydroxylation is 2. The zero-order valence-electron chi connectivity index (χ0n) is 12.4. The number of nitrogens with one attached hydrogen (secondary N) is 1. The van der Waals surface area contributed by atoms with Crippen molar-refractivity contribution in [1.29, 1.82) is 0 Å². The Balaban J connectivity index is 2.65. The third-order valence-corrected chi connectivity index (χ3v) is 3.44. The van der Waals surface area contributed by atoms with Crippen LogP contribution in [-0.4, -0.2) is 28.0 Å². The maximum absolute atomic E-state index is 9.07. The van der Waals surface area contributed by atoms with Crippen LogP contribution in [-0.2, 0) is 13.5 Å². The number of hydrogen-bond donors (Lipinski definition) is 3. The number of rotatable bonds is 9. The lowest BCUT2D eigenvalue weighted by atomic mass is 10.0. The summed E-state index contributed by atoms with van der Waals surface area (Å²) in [6.45, 7) is 5.37. The first-order chi connectivity index (χ1) is 9.13. The lowest BCUT2D eigenvalue weighted by Gasteiger charge is -2.16. The molecule has 1 aromatic rings. The van der Waals surface area contributed by atoms with E-state index in [4.69, 9.17) is 10.8 Å². The van der Waals surface area contributed by atoms with Gasteiger partial charge >= 0.3 is 0 Å². The Morgan fingerprint density at radius 2 is 2.05 bits per heavy atom. The van der Waals surface area contributed by atoms with Gasteiger partial charge in [0.2, 0.25) is 0 Å². The maximum Gasteiger partial charge on any atom is 0.147 e. The van der Waals surface area contributed by atoms with Crippen LogP contribution >= 0.6 is 0 Å². The van der Waals surface area contributed by atoms with E-state index in [0.717, 1.165) is 55.8 Å². The van der Waals surface area contributed by atoms with Gasteiger partial charge in [-0.3, -0.25) is 4.68 Å². The minimum absolute atomic E-state index is 0.244. The summed E-state index contributed by atoms with van der Waals surface area (Å²) in [5.41, 5.74) is 7.87. The quantitative estimate of drug-likeness (QED) is 0.641. The summed E-state index contributed by atoms with van der Waals surface area (Å²) in [4.78, 5) is 0. The lowest BCUT2D eigenvalue weighted by Crippen LogP contribution is -2.17. The van der Waals surface area contributed by atoms with Crippen LogP contribution < -0.4 is 11.1 Å². The second-order valence-corrected chi connectivity index (χ2v) is 5.13. The first kappa shape index (κ1) is 15.8. The predicted molar refractivity (Wildman–Crippen MR) is 80.2 cm³/mol. The van der Waals surface area contributed by atoms with Crippen LogP contribution in [0.1, 0.15) is 45.2 Å². The number of nitrogen functional groups attached to an aromatic ring is 1. The highest BCUT2D eigenvalue weighted by Gasteiger charge is 2.14. The highest BCUT2D eigenvalue weighted by Crippen LogP contribution is 2.24. The van der Waals surface area contributed by atoms with Gasteiger partial charge < -0.3 is 16.2 Å². The molecular weight excluding hydrogens is 240 g/mol. The van der Waals surface area contributed by atoms with E-state index in [1.807, 2.05) is 11.7 Å². The van der Waals surface area contributed by atoms with Gasteiger partial charge in [0.05, 0.1) is 11.4 Å². The molecule has 0 aliphatic carbocycles. The summed E-state index contributed by atoms with van der Waals surface area (Å²) in [5.74, 6) is 1.39. The van der Waals surface area contributed by atoms with Crippen LogP contribution in [0, 0.1) is 5.92 Å². The first-order valence-electron chi connectivity index (χ1n) is 7.30. The van der Waals surface area contributed by atoms with Crippen LogP contribution in [0.25, 0.3) is 0 Å². The monoisotopic (exact) mass is 268 g/mol. The molecule has 0 bridgehead atoms. The van der Waals surface area contributed by atoms with Gasteiger partial charge in [0.25, 0.3) is 0 Å². The van der Waals surface area contributed by atoms with Crippen LogP contribution in [0.2, 0.25) is 0 Å². The number of nitrogens with two attached hydrogens (primary N) is 1. The SMILES string of the molecule is CCCc1nn(C)c(NCC(CCC)CCO)c1N. The topological polar surface area (TPSA) is 76.1 Å². The molecule has 5 heteroatoms. The fourth-order valence-corrected chi connectivity index (χ4v) is 2.41. The van der Waals surface area contributed by atoms with Crippen LogP contribution in [0.5, 0.6) is 0 Å². The fourth-order valence-electron chi connectivity index (χ4n) is 2.41. The highest BCUT2D eigenvalue weighted by atomic mass is 16.3. The summed E-state index contributed by atoms with van der Waals surface area (Å²) >= 11 is 0. The Morgan fingerprint density at radius 3 is 2.63 bits per heavy atom. The molecule has 0 amide bonds. The summed E-state index contributed by atoms with van der Waals surface area (Å²) in [6, 6.07) is 0. The van der Waals surface area contributed by atoms with Gasteiger partial charge in [-0.1, -0.05) is 26.7 Å². The Labute approximate surface area is 116 Å². The average Bonchev–Trinajstić information content (AvgIpc) is 2.63. The number of anilines is 2. The fraction of sp³-hybridized carbons (Fsp3) is 0.786. The van der Waals surface area contributed by atoms with Crippen LogP contribution in [0.3, 0.4) is 0 Å². The van der Waals surface area contributed by atoms with Crippen molar-refractivity contribution in [3.63, 3.8) is 0 Å². The number of nitrogens with zero attached hydrogens (tertiary/aromatic N) is 2. The van der Waals surface area contributed by atoms with Crippen molar-refractivity contribution in [3.8, 4) is 0 Å². The summed E-state index contributed by atoms with van der Waals surface area (Å²) < 4.78 is 1.82. The smallest absolute Gasteiger partial charge is 0.147 e. The second-order valence-electron chi connectivity index (χ2n) is 5.13. The third kappa shape index (κ3) is 4.42. The molecule has 110 valence electrons. The van der Waals surface area contributed by atoms with E-state index in [1.54, 1.807) is 0 Å². The van der Waals surface area contributed by atoms with Crippen LogP contribution in [0.15, 0.2) is 0 Å². The van der Waals surface area contributed by atoms with E-state index < -0.39 is 0 Å². The molecule has 1 aromatic heterocycles. The van der Waals surface area contributed by atoms with Gasteiger partial charge in [0.15, 0.2) is 0 Å². The normalized spacial score (nSPS) is 12.6. The van der Waals surface area contributed by atoms with E-state index in [0.29, 0.717) is 5.92 Å². The molecular formula is C14H28N4O. The zero-order valence-corrected chi connectivity index (χ0v) is 12.4. The van der Waals surface area contributed by atoms with Crippen LogP contribution in [0.4, 0.5) is 11.5 Å². The molecule has 0 aliphatic heterocycles. The number of aliphatic hydroxyl groups excluding tert-OH is 1. The average molecular weight is 268 g/mol. The van der Waals surface area contributed by atoms with Crippen molar-refractivity contribution in [3.05, 3.63) is 5.69 Å². The minimum Gasteiger partial charge on any atom is -0.396 e. The van der Waals surface area contributed by atoms with Gasteiger partial charge in [-0.05, 0) is 25.2 Å². The largest absolute Gasteiger partial charge is 0.396 e. The molecule has 19 heavy (non-hydrogen) atoms. The van der Waals surface area contributed by atoms with Crippen molar-refractivity contribution in [2.75, 3.05) is 24.2 Å². The number of hydrogen-bond acceptors (Lipinski definition) is 4. The summed E-state index contributed by atoms with van der Waals surface area (Å²) in [6.07, 6.45) is 5.04. The zero-order chi connectivity index (χ0) is 14.3. The molecule has 5 nitrogen and oxygen atoms in total. The maximum atomic E-state index is 9.07. The Bertz CT molecular complexity index is 370. The molecule has 0 radical (unpaired) electrons. The molecule has 0 saturated carbocycles. The van der Waals surface area contributed by atoms with Crippen molar-refractivity contribution in [1.82, 2.24) is 9.78 Å². The predicted octanol–water partition coefficient (Wildman–Crippen LogP) is 2.17. The summed E-state index contributed by atoms with van der Waals surface area (Å²) in [5, 5.41) is 16.9. The van der Waals surface area contributed by atoms with Gasteiger partial charge in [-0.25, -0.2) is 0 Å². The molecule has 0 spiro atoms. The standard InChI is InChI=1S/C14H28N4O/c1-4-6-11(8-9-19)10-16-14-13(15)12(7-5-2)17-18(14)3/h11,16,19H,4-10,15H2,1-3H3. The van der Waals surface area contributed by atoms with E-state index in [2.05, 4.69) is 24.3 Å². The molecule has 1 unspecified atom stereocenters. The molecule has 1 rings (SSSR count). The number of aliphatic hydroxyl groups is 1. The van der Waals surface area contributed by atoms with Crippen molar-refractivity contribution >= 4 is 11.5 Å². The van der Waals surface area contributed by atoms with E-state index in [1.165, 1.54) is 0 Å². The molecule has 0 fully saturated rings. The molecule has 0 aromatic carbocycles. The Hall–Kier alpha value is -1.23. The molecule has 0 saturated heterocycles. The van der Waals surface area contributed by atoms with Crippen molar-refractivity contribution < 1.29 is 5.11 Å². The van der Waals surface area contributed by atoms with Gasteiger partial charge in [0.1, 0.15) is 5.82 Å². The summed E-state index contributed by atoms with van der Waals surface area (Å²) in [7, 11) is 1.92. The van der Waals surface area contributed by atoms with Gasteiger partial charge in [0, 0.05) is 20.2 Å². The lowest BCUT2D eigenvalue weighted by molar-refractivity contribution is 0.255. The Morgan fingerprint density at radius 1 is 1.32 bits per heavy atom. The van der Waals surface area contributed by atoms with E-state index >= 15 is 0 Å². The molecule has 0 aliphatic rings. The third-order valence-electron chi connectivity index (χ3n) is 3.44. The highest BCUT2D eigenvalue weighted by molar-refractivity contribution is 5.65.